The van der Waals surface area contributed by atoms with E-state index in [-0.39, 0.29) is 18.6 Å². The van der Waals surface area contributed by atoms with Gasteiger partial charge in [0.25, 0.3) is 0 Å². The minimum absolute atomic E-state index is 0.0393. The Labute approximate surface area is 183 Å². The molecule has 0 saturated carbocycles. The molecule has 0 heterocycles. The van der Waals surface area contributed by atoms with Crippen LogP contribution in [-0.4, -0.2) is 60.7 Å². The molecular formula is C23H30O7S. The average molecular weight is 451 g/mol. The molecule has 3 N–H and O–H groups in total. The highest BCUT2D eigenvalue weighted by Crippen LogP contribution is 2.37. The molecule has 1 aliphatic carbocycles. The molecule has 2 unspecified atom stereocenters. The number of hydrogen-bond acceptors (Lipinski definition) is 7. The molecule has 1 aliphatic rings. The molecule has 0 radical (unpaired) electrons. The van der Waals surface area contributed by atoms with E-state index in [9.17, 15) is 23.4 Å². The van der Waals surface area contributed by atoms with Crippen LogP contribution in [0.2, 0.25) is 0 Å². The zero-order valence-corrected chi connectivity index (χ0v) is 18.4. The fraction of sp³-hybridized carbons (Fsp3) is 0.435. The van der Waals surface area contributed by atoms with Gasteiger partial charge in [-0.15, -0.1) is 0 Å². The second-order valence-corrected chi connectivity index (χ2v) is 9.54. The Morgan fingerprint density at radius 1 is 1.16 bits per heavy atom. The molecule has 1 aromatic rings. The van der Waals surface area contributed by atoms with Gasteiger partial charge in [0.05, 0.1) is 12.7 Å². The molecule has 8 heteroatoms. The zero-order chi connectivity index (χ0) is 22.9. The Kier molecular flexibility index (Phi) is 9.18. The molecule has 0 aliphatic heterocycles. The molecule has 0 fully saturated rings. The number of ketones is 1. The van der Waals surface area contributed by atoms with Gasteiger partial charge in [-0.2, -0.15) is 0 Å². The largest absolute Gasteiger partial charge is 0.494 e. The highest BCUT2D eigenvalue weighted by atomic mass is 32.2. The highest BCUT2D eigenvalue weighted by Gasteiger charge is 2.44. The van der Waals surface area contributed by atoms with E-state index in [2.05, 4.69) is 0 Å². The molecule has 0 bridgehead atoms. The number of unbranched alkanes of at least 4 members (excludes halogenated alkanes) is 1. The van der Waals surface area contributed by atoms with Crippen LogP contribution in [0.4, 0.5) is 0 Å². The Balaban J connectivity index is 2.06. The fourth-order valence-corrected chi connectivity index (χ4v) is 4.13. The van der Waals surface area contributed by atoms with Crippen LogP contribution in [0.15, 0.2) is 65.1 Å². The molecule has 2 atom stereocenters. The zero-order valence-electron chi connectivity index (χ0n) is 17.6. The van der Waals surface area contributed by atoms with Gasteiger partial charge in [0.1, 0.15) is 16.3 Å². The van der Waals surface area contributed by atoms with Gasteiger partial charge < -0.3 is 20.1 Å². The van der Waals surface area contributed by atoms with E-state index < -0.39 is 32.2 Å². The number of sulfone groups is 1. The average Bonchev–Trinajstić information content (AvgIpc) is 2.98. The van der Waals surface area contributed by atoms with Crippen LogP contribution in [-0.2, 0) is 14.6 Å². The van der Waals surface area contributed by atoms with E-state index in [4.69, 9.17) is 9.84 Å². The molecule has 2 rings (SSSR count). The van der Waals surface area contributed by atoms with Crippen molar-refractivity contribution in [2.45, 2.75) is 43.8 Å². The first-order chi connectivity index (χ1) is 14.7. The van der Waals surface area contributed by atoms with Gasteiger partial charge in [-0.25, -0.2) is 8.42 Å². The van der Waals surface area contributed by atoms with Crippen LogP contribution in [0.25, 0.3) is 0 Å². The fourth-order valence-electron chi connectivity index (χ4n) is 3.27. The number of carbonyl (C=O) groups excluding carboxylic acids is 1. The van der Waals surface area contributed by atoms with Crippen LogP contribution in [0.5, 0.6) is 5.75 Å². The molecule has 0 spiro atoms. The van der Waals surface area contributed by atoms with E-state index in [0.717, 1.165) is 18.1 Å². The summed E-state index contributed by atoms with van der Waals surface area (Å²) in [7, 11) is -3.80. The van der Waals surface area contributed by atoms with Crippen LogP contribution >= 0.6 is 0 Å². The molecule has 0 aromatic heterocycles. The normalized spacial score (nSPS) is 21.6. The van der Waals surface area contributed by atoms with Crippen molar-refractivity contribution < 1.29 is 33.3 Å². The maximum absolute atomic E-state index is 12.7. The van der Waals surface area contributed by atoms with Crippen molar-refractivity contribution in [1.29, 1.82) is 0 Å². The molecule has 1 aromatic carbocycles. The Morgan fingerprint density at radius 3 is 2.52 bits per heavy atom. The highest BCUT2D eigenvalue weighted by molar-refractivity contribution is 7.95. The minimum Gasteiger partial charge on any atom is -0.494 e. The first-order valence-corrected chi connectivity index (χ1v) is 12.1. The lowest BCUT2D eigenvalue weighted by Crippen LogP contribution is -2.28. The summed E-state index contributed by atoms with van der Waals surface area (Å²) in [6, 6.07) is 9.30. The van der Waals surface area contributed by atoms with Crippen molar-refractivity contribution >= 4 is 15.6 Å². The lowest BCUT2D eigenvalue weighted by atomic mass is 9.90. The molecule has 170 valence electrons. The van der Waals surface area contributed by atoms with Crippen molar-refractivity contribution in [2.75, 3.05) is 19.5 Å². The number of para-hydroxylation sites is 1. The van der Waals surface area contributed by atoms with Crippen LogP contribution < -0.4 is 4.74 Å². The number of rotatable bonds is 12. The van der Waals surface area contributed by atoms with Crippen molar-refractivity contribution in [2.24, 2.45) is 0 Å². The van der Waals surface area contributed by atoms with Crippen molar-refractivity contribution in [3.8, 4) is 5.75 Å². The topological polar surface area (TPSA) is 121 Å². The Hall–Kier alpha value is -2.26. The smallest absolute Gasteiger partial charge is 0.203 e. The molecule has 0 amide bonds. The predicted molar refractivity (Wildman–Crippen MR) is 118 cm³/mol. The monoisotopic (exact) mass is 450 g/mol. The standard InChI is InChI=1S/C23H30O7S/c1-31(28,29)21-17-23(27,14-5-6-16-30-19-11-3-2-4-12-19)20(22(21)26)13-7-9-18(25)10-8-15-24/h2-4,7,9,11-13,17-18,24-25,27H,5-6,8,10,14-16H2,1H3/b9-7+,20-13?. The third kappa shape index (κ3) is 7.43. The predicted octanol–water partition coefficient (Wildman–Crippen LogP) is 2.09. The quantitative estimate of drug-likeness (QED) is 0.329. The third-order valence-electron chi connectivity index (χ3n) is 4.92. The lowest BCUT2D eigenvalue weighted by Gasteiger charge is -2.22. The van der Waals surface area contributed by atoms with Crippen molar-refractivity contribution in [1.82, 2.24) is 0 Å². The van der Waals surface area contributed by atoms with Crippen LogP contribution in [0, 0.1) is 0 Å². The summed E-state index contributed by atoms with van der Waals surface area (Å²) in [4.78, 5) is 12.2. The SMILES string of the molecule is CS(=O)(=O)C1=CC(O)(CCCCOc2ccccc2)C(=C/C=C/C(O)CCCO)C1=O. The Morgan fingerprint density at radius 2 is 1.87 bits per heavy atom. The molecule has 31 heavy (non-hydrogen) atoms. The number of Topliss-reactive ketones (excluding diaryl/α,β-unsaturated/α-hetero) is 1. The van der Waals surface area contributed by atoms with E-state index in [0.29, 0.717) is 32.3 Å². The Bertz CT molecular complexity index is 932. The first kappa shape index (κ1) is 25.0. The van der Waals surface area contributed by atoms with Gasteiger partial charge >= 0.3 is 0 Å². The summed E-state index contributed by atoms with van der Waals surface area (Å²) >= 11 is 0. The summed E-state index contributed by atoms with van der Waals surface area (Å²) in [6.07, 6.45) is 7.49. The van der Waals surface area contributed by atoms with Gasteiger partial charge in [-0.3, -0.25) is 4.79 Å². The second-order valence-electron chi connectivity index (χ2n) is 7.55. The number of aliphatic hydroxyl groups excluding tert-OH is 2. The number of benzene rings is 1. The lowest BCUT2D eigenvalue weighted by molar-refractivity contribution is -0.112. The summed E-state index contributed by atoms with van der Waals surface area (Å²) in [5, 5.41) is 29.7. The summed E-state index contributed by atoms with van der Waals surface area (Å²) in [6.45, 7) is 0.381. The maximum Gasteiger partial charge on any atom is 0.203 e. The third-order valence-corrected chi connectivity index (χ3v) is 6.02. The van der Waals surface area contributed by atoms with Crippen LogP contribution in [0.3, 0.4) is 0 Å². The minimum atomic E-state index is -3.80. The van der Waals surface area contributed by atoms with E-state index >= 15 is 0 Å². The molecule has 0 saturated heterocycles. The molecular weight excluding hydrogens is 420 g/mol. The van der Waals surface area contributed by atoms with E-state index in [1.165, 1.54) is 18.2 Å². The summed E-state index contributed by atoms with van der Waals surface area (Å²) in [5.74, 6) is 0.00188. The summed E-state index contributed by atoms with van der Waals surface area (Å²) in [5.41, 5.74) is -1.75. The first-order valence-electron chi connectivity index (χ1n) is 10.2. The van der Waals surface area contributed by atoms with Gasteiger partial charge in [0.2, 0.25) is 5.78 Å². The van der Waals surface area contributed by atoms with Gasteiger partial charge in [-0.05, 0) is 50.3 Å². The van der Waals surface area contributed by atoms with Crippen molar-refractivity contribution in [3.63, 3.8) is 0 Å². The number of allylic oxidation sites excluding steroid dienone is 3. The number of carbonyl (C=O) groups is 1. The van der Waals surface area contributed by atoms with Gasteiger partial charge in [-0.1, -0.05) is 36.4 Å². The number of aliphatic hydroxyl groups is 3. The van der Waals surface area contributed by atoms with Crippen LogP contribution in [0.1, 0.15) is 32.1 Å². The summed E-state index contributed by atoms with van der Waals surface area (Å²) < 4.78 is 29.6. The van der Waals surface area contributed by atoms with E-state index in [1.54, 1.807) is 0 Å². The maximum atomic E-state index is 12.7. The van der Waals surface area contributed by atoms with Crippen molar-refractivity contribution in [3.05, 3.63) is 65.1 Å². The van der Waals surface area contributed by atoms with Gasteiger partial charge in [0.15, 0.2) is 9.84 Å². The molecule has 7 nitrogen and oxygen atoms in total. The number of ether oxygens (including phenoxy) is 1. The second kappa shape index (κ2) is 11.4. The van der Waals surface area contributed by atoms with E-state index in [1.807, 2.05) is 30.3 Å². The van der Waals surface area contributed by atoms with Gasteiger partial charge in [0, 0.05) is 18.4 Å². The number of hydrogen-bond donors (Lipinski definition) is 3.